The van der Waals surface area contributed by atoms with Gasteiger partial charge >= 0.3 is 0 Å². The Morgan fingerprint density at radius 3 is 1.95 bits per heavy atom. The van der Waals surface area contributed by atoms with E-state index in [9.17, 15) is 0 Å². The molecule has 0 saturated heterocycles. The summed E-state index contributed by atoms with van der Waals surface area (Å²) in [7, 11) is 0. The minimum absolute atomic E-state index is 0.162. The molecule has 11 aromatic rings. The fraction of sp³-hybridized carbons (Fsp3) is 0. The highest BCUT2D eigenvalue weighted by molar-refractivity contribution is 6.30. The van der Waals surface area contributed by atoms with Gasteiger partial charge in [0.2, 0.25) is 0 Å². The first-order chi connectivity index (χ1) is 22.4. The Kier molecular flexibility index (Phi) is 2.73. The number of rotatable bonds is 1. The normalized spacial score (nSPS) is 14.6. The molecule has 5 heterocycles. The van der Waals surface area contributed by atoms with Crippen molar-refractivity contribution in [2.24, 2.45) is 0 Å². The molecular formula is C38H21N3. The van der Waals surface area contributed by atoms with Crippen molar-refractivity contribution in [3.63, 3.8) is 0 Å². The zero-order valence-electron chi connectivity index (χ0n) is 26.6. The van der Waals surface area contributed by atoms with Crippen LogP contribution in [0.3, 0.4) is 0 Å². The highest BCUT2D eigenvalue weighted by atomic mass is 15.0. The van der Waals surface area contributed by atoms with Crippen molar-refractivity contribution in [1.29, 1.82) is 0 Å². The molecule has 0 atom stereocenters. The SMILES string of the molecule is [2H]c1c([2H])c([2H])c(-n2c3ccccc3c3cc4c5cc6c(cc5n5ccc(c32)c45)c2cccc3c4ccccc4n6c32)c([2H])c1[2H]. The van der Waals surface area contributed by atoms with E-state index in [2.05, 4.69) is 87.8 Å². The summed E-state index contributed by atoms with van der Waals surface area (Å²) in [5.41, 5.74) is 7.58. The maximum Gasteiger partial charge on any atom is 0.0645 e. The summed E-state index contributed by atoms with van der Waals surface area (Å²) < 4.78 is 49.3. The monoisotopic (exact) mass is 524 g/mol. The lowest BCUT2D eigenvalue weighted by Crippen LogP contribution is -1.93. The van der Waals surface area contributed by atoms with Crippen LogP contribution in [0.4, 0.5) is 0 Å². The highest BCUT2D eigenvalue weighted by Gasteiger charge is 2.23. The summed E-state index contributed by atoms with van der Waals surface area (Å²) in [6.07, 6.45) is 2.10. The number of benzene rings is 6. The fourth-order valence-electron chi connectivity index (χ4n) is 7.66. The Balaban J connectivity index is 1.35. The van der Waals surface area contributed by atoms with E-state index in [1.54, 1.807) is 0 Å². The third kappa shape index (κ3) is 2.23. The van der Waals surface area contributed by atoms with Gasteiger partial charge in [-0.25, -0.2) is 0 Å². The van der Waals surface area contributed by atoms with Crippen molar-refractivity contribution in [2.45, 2.75) is 0 Å². The minimum Gasteiger partial charge on any atom is -0.315 e. The third-order valence-electron chi connectivity index (χ3n) is 9.20. The van der Waals surface area contributed by atoms with E-state index < -0.39 is 6.04 Å². The van der Waals surface area contributed by atoms with Crippen LogP contribution in [0.15, 0.2) is 127 Å². The minimum atomic E-state index is -0.395. The molecule has 3 nitrogen and oxygen atoms in total. The Bertz CT molecular complexity index is 3120. The van der Waals surface area contributed by atoms with Crippen LogP contribution in [-0.4, -0.2) is 13.4 Å². The molecule has 0 aliphatic rings. The van der Waals surface area contributed by atoms with Gasteiger partial charge in [-0.2, -0.15) is 0 Å². The standard InChI is InChI=1S/C38H21N3/c1-2-9-22(10-3-1)40-32-15-6-5-12-24(32)30-19-31-29-21-35-28(20-34(29)39-18-17-27(36(31)39)38(30)40)26-14-8-13-25-23-11-4-7-16-33(23)41(35)37(25)26/h1-21H/i1D,2D,3D,9D,10D. The summed E-state index contributed by atoms with van der Waals surface area (Å²) in [6.45, 7) is 0. The quantitative estimate of drug-likeness (QED) is 0.203. The van der Waals surface area contributed by atoms with Gasteiger partial charge in [0, 0.05) is 60.4 Å². The van der Waals surface area contributed by atoms with Crippen molar-refractivity contribution < 1.29 is 6.85 Å². The molecule has 0 fully saturated rings. The van der Waals surface area contributed by atoms with E-state index in [-0.39, 0.29) is 29.9 Å². The van der Waals surface area contributed by atoms with Crippen molar-refractivity contribution >= 4 is 87.1 Å². The van der Waals surface area contributed by atoms with Crippen molar-refractivity contribution in [3.05, 3.63) is 127 Å². The van der Waals surface area contributed by atoms with Gasteiger partial charge in [0.25, 0.3) is 0 Å². The first-order valence-corrected chi connectivity index (χ1v) is 13.8. The van der Waals surface area contributed by atoms with E-state index >= 15 is 0 Å². The van der Waals surface area contributed by atoms with E-state index in [0.717, 1.165) is 49.0 Å². The number of hydrogen-bond donors (Lipinski definition) is 0. The Morgan fingerprint density at radius 2 is 1.10 bits per heavy atom. The first kappa shape index (κ1) is 16.5. The maximum atomic E-state index is 8.86. The van der Waals surface area contributed by atoms with Crippen LogP contribution in [-0.2, 0) is 0 Å². The molecule has 0 unspecified atom stereocenters. The summed E-state index contributed by atoms with van der Waals surface area (Å²) in [5.74, 6) is 0. The molecule has 5 aromatic heterocycles. The molecule has 11 rings (SSSR count). The lowest BCUT2D eigenvalue weighted by atomic mass is 10.0. The molecule has 0 aliphatic heterocycles. The van der Waals surface area contributed by atoms with Gasteiger partial charge in [-0.1, -0.05) is 72.7 Å². The molecule has 6 aromatic carbocycles. The van der Waals surface area contributed by atoms with Crippen LogP contribution >= 0.6 is 0 Å². The average molecular weight is 525 g/mol. The zero-order valence-corrected chi connectivity index (χ0v) is 21.6. The summed E-state index contributed by atoms with van der Waals surface area (Å²) in [6, 6.07) is 30.6. The number of para-hydroxylation sites is 4. The predicted molar refractivity (Wildman–Crippen MR) is 173 cm³/mol. The summed E-state index contributed by atoms with van der Waals surface area (Å²) >= 11 is 0. The smallest absolute Gasteiger partial charge is 0.0645 e. The number of nitrogens with zero attached hydrogens (tertiary/aromatic N) is 3. The first-order valence-electron chi connectivity index (χ1n) is 16.3. The summed E-state index contributed by atoms with van der Waals surface area (Å²) in [5, 5.41) is 10.1. The molecule has 0 bridgehead atoms. The second kappa shape index (κ2) is 6.78. The molecule has 0 N–H and O–H groups in total. The number of fused-ring (bicyclic) bond motifs is 13. The average Bonchev–Trinajstić information content (AvgIpc) is 3.88. The molecule has 0 saturated carbocycles. The van der Waals surface area contributed by atoms with Crippen LogP contribution in [0.5, 0.6) is 0 Å². The van der Waals surface area contributed by atoms with Crippen LogP contribution in [0, 0.1) is 0 Å². The van der Waals surface area contributed by atoms with Gasteiger partial charge in [0.05, 0.1) is 45.5 Å². The van der Waals surface area contributed by atoms with Gasteiger partial charge in [-0.3, -0.25) is 0 Å². The highest BCUT2D eigenvalue weighted by Crippen LogP contribution is 2.45. The van der Waals surface area contributed by atoms with Gasteiger partial charge in [0.15, 0.2) is 0 Å². The van der Waals surface area contributed by atoms with Gasteiger partial charge in [-0.05, 0) is 48.5 Å². The zero-order chi connectivity index (χ0) is 30.7. The van der Waals surface area contributed by atoms with Gasteiger partial charge < -0.3 is 13.4 Å². The third-order valence-corrected chi connectivity index (χ3v) is 9.20. The van der Waals surface area contributed by atoms with Crippen molar-refractivity contribution in [1.82, 2.24) is 13.4 Å². The lowest BCUT2D eigenvalue weighted by molar-refractivity contribution is 1.19. The number of hydrogen-bond acceptors (Lipinski definition) is 0. The Labute approximate surface area is 240 Å². The fourth-order valence-corrected chi connectivity index (χ4v) is 7.66. The van der Waals surface area contributed by atoms with E-state index in [0.29, 0.717) is 0 Å². The van der Waals surface area contributed by atoms with E-state index in [4.69, 9.17) is 6.85 Å². The van der Waals surface area contributed by atoms with Crippen molar-refractivity contribution in [3.8, 4) is 5.69 Å². The molecule has 0 radical (unpaired) electrons. The number of aromatic nitrogens is 3. The molecule has 0 spiro atoms. The van der Waals surface area contributed by atoms with E-state index in [1.165, 1.54) is 38.1 Å². The Morgan fingerprint density at radius 1 is 0.439 bits per heavy atom. The molecule has 41 heavy (non-hydrogen) atoms. The van der Waals surface area contributed by atoms with Crippen LogP contribution < -0.4 is 0 Å². The molecule has 188 valence electrons. The van der Waals surface area contributed by atoms with Crippen LogP contribution in [0.1, 0.15) is 6.85 Å². The van der Waals surface area contributed by atoms with Gasteiger partial charge in [0.1, 0.15) is 0 Å². The largest absolute Gasteiger partial charge is 0.315 e. The van der Waals surface area contributed by atoms with Crippen LogP contribution in [0.2, 0.25) is 0 Å². The molecule has 0 aliphatic carbocycles. The molecule has 0 amide bonds. The Hall–Kier alpha value is -5.54. The van der Waals surface area contributed by atoms with Crippen molar-refractivity contribution in [2.75, 3.05) is 0 Å². The second-order valence-electron chi connectivity index (χ2n) is 11.0. The lowest BCUT2D eigenvalue weighted by Gasteiger charge is -2.08. The van der Waals surface area contributed by atoms with Crippen LogP contribution in [0.25, 0.3) is 92.8 Å². The second-order valence-corrected chi connectivity index (χ2v) is 11.0. The maximum absolute atomic E-state index is 8.86. The topological polar surface area (TPSA) is 13.8 Å². The van der Waals surface area contributed by atoms with Gasteiger partial charge in [-0.15, -0.1) is 0 Å². The molecular weight excluding hydrogens is 498 g/mol. The summed E-state index contributed by atoms with van der Waals surface area (Å²) in [4.78, 5) is 0. The predicted octanol–water partition coefficient (Wildman–Crippen LogP) is 9.93. The van der Waals surface area contributed by atoms with E-state index in [1.807, 2.05) is 22.8 Å². The molecule has 3 heteroatoms.